The maximum Gasteiger partial charge on any atom is 0.119 e. The van der Waals surface area contributed by atoms with E-state index in [1.165, 1.54) is 33.4 Å². The van der Waals surface area contributed by atoms with Gasteiger partial charge in [-0.05, 0) is 83.6 Å². The van der Waals surface area contributed by atoms with Crippen molar-refractivity contribution in [3.05, 3.63) is 95.1 Å². The first-order chi connectivity index (χ1) is 15.7. The third kappa shape index (κ3) is 5.79. The van der Waals surface area contributed by atoms with Crippen molar-refractivity contribution in [2.24, 2.45) is 0 Å². The number of hydrogen-bond donors (Lipinski definition) is 0. The lowest BCUT2D eigenvalue weighted by atomic mass is 9.79. The van der Waals surface area contributed by atoms with Crippen molar-refractivity contribution in [3.63, 3.8) is 0 Å². The van der Waals surface area contributed by atoms with Gasteiger partial charge in [0.05, 0.1) is 7.11 Å². The lowest BCUT2D eigenvalue weighted by molar-refractivity contribution is 0.223. The minimum atomic E-state index is 0. The van der Waals surface area contributed by atoms with Crippen molar-refractivity contribution in [1.82, 2.24) is 4.90 Å². The molecule has 0 unspecified atom stereocenters. The highest BCUT2D eigenvalue weighted by atomic mass is 35.5. The highest BCUT2D eigenvalue weighted by molar-refractivity contribution is 6.00. The standard InChI is InChI=1S/C29H33NO2.ClH/c1-4-30(5-2)19-20-32-25-14-11-23(12-15-25)29-27(22-9-7-6-8-10-22)17-13-24-21-26(31-3)16-18-28(24)29;/h6-12,14-16,18,21H,4-5,13,17,19-20H2,1-3H3;1H. The van der Waals surface area contributed by atoms with Gasteiger partial charge in [-0.3, -0.25) is 0 Å². The Morgan fingerprint density at radius 3 is 2.15 bits per heavy atom. The third-order valence-corrected chi connectivity index (χ3v) is 6.36. The Morgan fingerprint density at radius 2 is 1.48 bits per heavy atom. The quantitative estimate of drug-likeness (QED) is 0.350. The molecule has 0 N–H and O–H groups in total. The summed E-state index contributed by atoms with van der Waals surface area (Å²) in [5.41, 5.74) is 7.88. The van der Waals surface area contributed by atoms with Gasteiger partial charge in [0.1, 0.15) is 18.1 Å². The molecule has 0 radical (unpaired) electrons. The first-order valence-electron chi connectivity index (χ1n) is 11.6. The van der Waals surface area contributed by atoms with Crippen LogP contribution in [0.1, 0.15) is 42.5 Å². The van der Waals surface area contributed by atoms with E-state index in [4.69, 9.17) is 9.47 Å². The topological polar surface area (TPSA) is 21.7 Å². The van der Waals surface area contributed by atoms with Crippen LogP contribution in [0.5, 0.6) is 11.5 Å². The Hall–Kier alpha value is -2.75. The monoisotopic (exact) mass is 463 g/mol. The number of halogens is 1. The van der Waals surface area contributed by atoms with E-state index in [0.29, 0.717) is 6.61 Å². The van der Waals surface area contributed by atoms with Gasteiger partial charge < -0.3 is 14.4 Å². The summed E-state index contributed by atoms with van der Waals surface area (Å²) in [7, 11) is 1.73. The predicted molar refractivity (Wildman–Crippen MR) is 141 cm³/mol. The molecule has 0 aromatic heterocycles. The van der Waals surface area contributed by atoms with E-state index in [1.54, 1.807) is 7.11 Å². The van der Waals surface area contributed by atoms with Crippen molar-refractivity contribution >= 4 is 23.6 Å². The molecule has 3 aromatic carbocycles. The lowest BCUT2D eigenvalue weighted by Gasteiger charge is -2.25. The number of nitrogens with zero attached hydrogens (tertiary/aromatic N) is 1. The molecule has 0 aliphatic heterocycles. The Labute approximate surface area is 204 Å². The smallest absolute Gasteiger partial charge is 0.119 e. The fraction of sp³-hybridized carbons (Fsp3) is 0.310. The van der Waals surface area contributed by atoms with Gasteiger partial charge in [-0.15, -0.1) is 12.4 Å². The molecule has 1 aliphatic carbocycles. The molecule has 4 heteroatoms. The van der Waals surface area contributed by atoms with E-state index in [1.807, 2.05) is 0 Å². The summed E-state index contributed by atoms with van der Waals surface area (Å²) in [6.45, 7) is 8.15. The largest absolute Gasteiger partial charge is 0.497 e. The molecule has 0 bridgehead atoms. The highest BCUT2D eigenvalue weighted by Gasteiger charge is 2.22. The van der Waals surface area contributed by atoms with Gasteiger partial charge in [0.25, 0.3) is 0 Å². The molecule has 1 aliphatic rings. The Bertz CT molecular complexity index is 1060. The van der Waals surface area contributed by atoms with Crippen LogP contribution >= 0.6 is 12.4 Å². The molecule has 4 rings (SSSR count). The molecular formula is C29H34ClNO2. The summed E-state index contributed by atoms with van der Waals surface area (Å²) in [5, 5.41) is 0. The fourth-order valence-corrected chi connectivity index (χ4v) is 4.50. The van der Waals surface area contributed by atoms with E-state index in [0.717, 1.165) is 44.0 Å². The van der Waals surface area contributed by atoms with Crippen molar-refractivity contribution in [3.8, 4) is 11.5 Å². The zero-order chi connectivity index (χ0) is 22.3. The van der Waals surface area contributed by atoms with Crippen LogP contribution in [0, 0.1) is 0 Å². The molecule has 0 saturated carbocycles. The molecule has 0 amide bonds. The summed E-state index contributed by atoms with van der Waals surface area (Å²) in [4.78, 5) is 2.37. The minimum Gasteiger partial charge on any atom is -0.497 e. The maximum absolute atomic E-state index is 6.02. The summed E-state index contributed by atoms with van der Waals surface area (Å²) >= 11 is 0. The normalized spacial score (nSPS) is 12.8. The van der Waals surface area contributed by atoms with Crippen molar-refractivity contribution in [2.45, 2.75) is 26.7 Å². The van der Waals surface area contributed by atoms with E-state index >= 15 is 0 Å². The third-order valence-electron chi connectivity index (χ3n) is 6.36. The van der Waals surface area contributed by atoms with Gasteiger partial charge in [0, 0.05) is 6.54 Å². The summed E-state index contributed by atoms with van der Waals surface area (Å²) in [5.74, 6) is 1.84. The van der Waals surface area contributed by atoms with E-state index < -0.39 is 0 Å². The first-order valence-corrected chi connectivity index (χ1v) is 11.6. The molecule has 33 heavy (non-hydrogen) atoms. The highest BCUT2D eigenvalue weighted by Crippen LogP contribution is 2.42. The molecule has 3 aromatic rings. The number of methoxy groups -OCH3 is 1. The van der Waals surface area contributed by atoms with Crippen LogP contribution in [-0.2, 0) is 6.42 Å². The van der Waals surface area contributed by atoms with E-state index in [-0.39, 0.29) is 12.4 Å². The molecule has 174 valence electrons. The molecule has 0 fully saturated rings. The number of allylic oxidation sites excluding steroid dienone is 1. The maximum atomic E-state index is 6.02. The van der Waals surface area contributed by atoms with Gasteiger partial charge in [0.15, 0.2) is 0 Å². The van der Waals surface area contributed by atoms with Crippen LogP contribution in [0.25, 0.3) is 11.1 Å². The van der Waals surface area contributed by atoms with E-state index in [2.05, 4.69) is 91.5 Å². The van der Waals surface area contributed by atoms with Crippen molar-refractivity contribution < 1.29 is 9.47 Å². The van der Waals surface area contributed by atoms with Crippen LogP contribution in [0.2, 0.25) is 0 Å². The second-order valence-electron chi connectivity index (χ2n) is 8.14. The number of aryl methyl sites for hydroxylation is 1. The Morgan fingerprint density at radius 1 is 0.788 bits per heavy atom. The van der Waals surface area contributed by atoms with Crippen LogP contribution in [0.4, 0.5) is 0 Å². The summed E-state index contributed by atoms with van der Waals surface area (Å²) in [6.07, 6.45) is 2.04. The minimum absolute atomic E-state index is 0. The zero-order valence-electron chi connectivity index (χ0n) is 19.8. The predicted octanol–water partition coefficient (Wildman–Crippen LogP) is 6.74. The first kappa shape index (κ1) is 24.9. The van der Waals surface area contributed by atoms with Crippen LogP contribution in [0.3, 0.4) is 0 Å². The summed E-state index contributed by atoms with van der Waals surface area (Å²) < 4.78 is 11.5. The Kier molecular flexibility index (Phi) is 8.99. The van der Waals surface area contributed by atoms with E-state index in [9.17, 15) is 0 Å². The van der Waals surface area contributed by atoms with Gasteiger partial charge in [-0.1, -0.05) is 62.4 Å². The van der Waals surface area contributed by atoms with Gasteiger partial charge in [-0.2, -0.15) is 0 Å². The number of likely N-dealkylation sites (N-methyl/N-ethyl adjacent to an activating group) is 1. The SMILES string of the molecule is CCN(CC)CCOc1ccc(C2=C(c3ccccc3)CCc3cc(OC)ccc32)cc1.Cl. The van der Waals surface area contributed by atoms with Crippen LogP contribution < -0.4 is 9.47 Å². The van der Waals surface area contributed by atoms with Crippen LogP contribution in [-0.4, -0.2) is 38.3 Å². The molecule has 0 atom stereocenters. The fourth-order valence-electron chi connectivity index (χ4n) is 4.50. The Balaban J connectivity index is 0.00000306. The van der Waals surface area contributed by atoms with Gasteiger partial charge in [-0.25, -0.2) is 0 Å². The molecular weight excluding hydrogens is 430 g/mol. The van der Waals surface area contributed by atoms with Gasteiger partial charge >= 0.3 is 0 Å². The molecule has 0 heterocycles. The second kappa shape index (κ2) is 11.9. The number of ether oxygens (including phenoxy) is 2. The van der Waals surface area contributed by atoms with Crippen molar-refractivity contribution in [1.29, 1.82) is 0 Å². The number of rotatable bonds is 9. The number of hydrogen-bond acceptors (Lipinski definition) is 3. The molecule has 0 saturated heterocycles. The molecule has 3 nitrogen and oxygen atoms in total. The number of fused-ring (bicyclic) bond motifs is 1. The van der Waals surface area contributed by atoms with Crippen molar-refractivity contribution in [2.75, 3.05) is 33.4 Å². The summed E-state index contributed by atoms with van der Waals surface area (Å²) in [6, 6.07) is 25.8. The lowest BCUT2D eigenvalue weighted by Crippen LogP contribution is -2.27. The van der Waals surface area contributed by atoms with Gasteiger partial charge in [0.2, 0.25) is 0 Å². The zero-order valence-corrected chi connectivity index (χ0v) is 20.7. The average Bonchev–Trinajstić information content (AvgIpc) is 2.86. The average molecular weight is 464 g/mol. The van der Waals surface area contributed by atoms with Crippen LogP contribution in [0.15, 0.2) is 72.8 Å². The molecule has 0 spiro atoms. The second-order valence-corrected chi connectivity index (χ2v) is 8.14. The number of benzene rings is 3.